The molecule has 24 heavy (non-hydrogen) atoms. The van der Waals surface area contributed by atoms with Gasteiger partial charge in [-0.1, -0.05) is 19.1 Å². The average molecular weight is 325 g/mol. The number of hydrogen-bond donors (Lipinski definition) is 2. The van der Waals surface area contributed by atoms with E-state index in [4.69, 9.17) is 0 Å². The first kappa shape index (κ1) is 15.9. The van der Waals surface area contributed by atoms with Gasteiger partial charge >= 0.3 is 0 Å². The highest BCUT2D eigenvalue weighted by Gasteiger charge is 2.09. The van der Waals surface area contributed by atoms with E-state index in [1.807, 2.05) is 24.3 Å². The molecule has 122 valence electrons. The summed E-state index contributed by atoms with van der Waals surface area (Å²) < 4.78 is 13.2. The fourth-order valence-electron chi connectivity index (χ4n) is 2.42. The van der Waals surface area contributed by atoms with Crippen LogP contribution in [-0.4, -0.2) is 15.9 Å². The number of fused-ring (bicyclic) bond motifs is 1. The number of carbonyl (C=O) groups excluding carboxylic acids is 1. The van der Waals surface area contributed by atoms with Crippen molar-refractivity contribution < 1.29 is 9.18 Å². The monoisotopic (exact) mass is 325 g/mol. The maximum absolute atomic E-state index is 13.2. The highest BCUT2D eigenvalue weighted by atomic mass is 19.1. The van der Waals surface area contributed by atoms with Gasteiger partial charge in [-0.2, -0.15) is 0 Å². The Kier molecular flexibility index (Phi) is 4.37. The van der Waals surface area contributed by atoms with Crippen molar-refractivity contribution in [3.05, 3.63) is 70.0 Å². The number of H-pyrrole nitrogens is 1. The summed E-state index contributed by atoms with van der Waals surface area (Å²) in [7, 11) is 0. The van der Waals surface area contributed by atoms with Gasteiger partial charge in [-0.25, -0.2) is 9.37 Å². The van der Waals surface area contributed by atoms with Gasteiger partial charge in [0.15, 0.2) is 0 Å². The second-order valence-corrected chi connectivity index (χ2v) is 5.45. The lowest BCUT2D eigenvalue weighted by molar-refractivity contribution is -0.115. The Hall–Kier alpha value is -3.02. The molecule has 0 radical (unpaired) electrons. The number of halogens is 1. The van der Waals surface area contributed by atoms with Gasteiger partial charge in [-0.05, 0) is 42.3 Å². The topological polar surface area (TPSA) is 74.8 Å². The van der Waals surface area contributed by atoms with Crippen LogP contribution in [0.3, 0.4) is 0 Å². The van der Waals surface area contributed by atoms with Gasteiger partial charge < -0.3 is 10.3 Å². The number of amides is 1. The zero-order valence-electron chi connectivity index (χ0n) is 13.1. The Balaban J connectivity index is 1.77. The van der Waals surface area contributed by atoms with Gasteiger partial charge in [0.1, 0.15) is 11.6 Å². The van der Waals surface area contributed by atoms with Crippen LogP contribution in [-0.2, 0) is 17.6 Å². The third-order valence-corrected chi connectivity index (χ3v) is 3.69. The van der Waals surface area contributed by atoms with E-state index in [2.05, 4.69) is 22.2 Å². The fourth-order valence-corrected chi connectivity index (χ4v) is 2.42. The standard InChI is InChI=1S/C18H16FN3O2/c1-2-11-3-6-13(7-4-11)20-17(23)10-16-21-15-8-5-12(19)9-14(15)18(24)22-16/h3-9H,2,10H2,1H3,(H,20,23)(H,21,22,24). The molecule has 0 aliphatic rings. The Morgan fingerprint density at radius 3 is 2.67 bits per heavy atom. The van der Waals surface area contributed by atoms with Crippen LogP contribution < -0.4 is 10.9 Å². The Morgan fingerprint density at radius 2 is 1.96 bits per heavy atom. The summed E-state index contributed by atoms with van der Waals surface area (Å²) in [6, 6.07) is 11.3. The van der Waals surface area contributed by atoms with E-state index in [9.17, 15) is 14.0 Å². The number of aromatic amines is 1. The van der Waals surface area contributed by atoms with Crippen LogP contribution in [0, 0.1) is 5.82 Å². The van der Waals surface area contributed by atoms with Gasteiger partial charge in [-0.15, -0.1) is 0 Å². The molecule has 0 bridgehead atoms. The van der Waals surface area contributed by atoms with Crippen molar-refractivity contribution in [3.8, 4) is 0 Å². The lowest BCUT2D eigenvalue weighted by Gasteiger charge is -2.06. The molecule has 0 unspecified atom stereocenters. The number of nitrogens with one attached hydrogen (secondary N) is 2. The van der Waals surface area contributed by atoms with E-state index in [1.54, 1.807) is 0 Å². The summed E-state index contributed by atoms with van der Waals surface area (Å²) in [5, 5.41) is 2.92. The lowest BCUT2D eigenvalue weighted by Crippen LogP contribution is -2.19. The molecule has 1 heterocycles. The van der Waals surface area contributed by atoms with Gasteiger partial charge in [0.2, 0.25) is 5.91 Å². The number of anilines is 1. The number of rotatable bonds is 4. The summed E-state index contributed by atoms with van der Waals surface area (Å²) in [6.07, 6.45) is 0.856. The van der Waals surface area contributed by atoms with E-state index in [1.165, 1.54) is 17.7 Å². The van der Waals surface area contributed by atoms with Crippen molar-refractivity contribution in [3.63, 3.8) is 0 Å². The minimum Gasteiger partial charge on any atom is -0.326 e. The van der Waals surface area contributed by atoms with Gasteiger partial charge in [0.05, 0.1) is 17.3 Å². The fraction of sp³-hybridized carbons (Fsp3) is 0.167. The molecule has 5 nitrogen and oxygen atoms in total. The normalized spacial score (nSPS) is 10.8. The maximum Gasteiger partial charge on any atom is 0.258 e. The molecule has 0 spiro atoms. The molecule has 0 atom stereocenters. The third kappa shape index (κ3) is 3.48. The Labute approximate surface area is 137 Å². The van der Waals surface area contributed by atoms with Crippen LogP contribution in [0.1, 0.15) is 18.3 Å². The molecule has 0 fully saturated rings. The van der Waals surface area contributed by atoms with Gasteiger partial charge in [0, 0.05) is 5.69 Å². The molecule has 0 saturated carbocycles. The van der Waals surface area contributed by atoms with E-state index in [0.29, 0.717) is 11.2 Å². The van der Waals surface area contributed by atoms with Gasteiger partial charge in [-0.3, -0.25) is 9.59 Å². The number of carbonyl (C=O) groups is 1. The number of benzene rings is 2. The highest BCUT2D eigenvalue weighted by molar-refractivity contribution is 5.92. The first-order valence-electron chi connectivity index (χ1n) is 7.62. The smallest absolute Gasteiger partial charge is 0.258 e. The maximum atomic E-state index is 13.2. The minimum absolute atomic E-state index is 0.0713. The summed E-state index contributed by atoms with van der Waals surface area (Å²) in [4.78, 5) is 30.8. The zero-order valence-corrected chi connectivity index (χ0v) is 13.1. The first-order valence-corrected chi connectivity index (χ1v) is 7.62. The predicted molar refractivity (Wildman–Crippen MR) is 90.5 cm³/mol. The van der Waals surface area contributed by atoms with Crippen molar-refractivity contribution in [2.24, 2.45) is 0 Å². The Bertz CT molecular complexity index is 949. The summed E-state index contributed by atoms with van der Waals surface area (Å²) in [6.45, 7) is 2.06. The molecule has 0 aliphatic heterocycles. The van der Waals surface area contributed by atoms with E-state index >= 15 is 0 Å². The quantitative estimate of drug-likeness (QED) is 0.774. The first-order chi connectivity index (χ1) is 11.5. The summed E-state index contributed by atoms with van der Waals surface area (Å²) >= 11 is 0. The van der Waals surface area contributed by atoms with Crippen LogP contribution in [0.15, 0.2) is 47.3 Å². The largest absolute Gasteiger partial charge is 0.326 e. The second-order valence-electron chi connectivity index (χ2n) is 5.45. The number of nitrogens with zero attached hydrogens (tertiary/aromatic N) is 1. The molecule has 6 heteroatoms. The molecule has 1 amide bonds. The Morgan fingerprint density at radius 1 is 1.21 bits per heavy atom. The molecule has 3 aromatic rings. The van der Waals surface area contributed by atoms with Crippen molar-refractivity contribution in [1.82, 2.24) is 9.97 Å². The second kappa shape index (κ2) is 6.62. The molecular formula is C18H16FN3O2. The van der Waals surface area contributed by atoms with Crippen LogP contribution in [0.4, 0.5) is 10.1 Å². The number of aryl methyl sites for hydroxylation is 1. The molecule has 3 rings (SSSR count). The molecule has 1 aromatic heterocycles. The number of aromatic nitrogens is 2. The third-order valence-electron chi connectivity index (χ3n) is 3.69. The highest BCUT2D eigenvalue weighted by Crippen LogP contribution is 2.12. The predicted octanol–water partition coefficient (Wildman–Crippen LogP) is 2.81. The summed E-state index contributed by atoms with van der Waals surface area (Å²) in [5.41, 5.74) is 1.76. The van der Waals surface area contributed by atoms with Crippen LogP contribution in [0.5, 0.6) is 0 Å². The minimum atomic E-state index is -0.504. The summed E-state index contributed by atoms with van der Waals surface area (Å²) in [5.74, 6) is -0.554. The zero-order chi connectivity index (χ0) is 17.1. The van der Waals surface area contributed by atoms with Crippen molar-refractivity contribution in [2.75, 3.05) is 5.32 Å². The SMILES string of the molecule is CCc1ccc(NC(=O)Cc2nc3ccc(F)cc3c(=O)[nH]2)cc1. The average Bonchev–Trinajstić information content (AvgIpc) is 2.56. The molecule has 2 aromatic carbocycles. The van der Waals surface area contributed by atoms with E-state index in [0.717, 1.165) is 12.5 Å². The van der Waals surface area contributed by atoms with Crippen molar-refractivity contribution in [1.29, 1.82) is 0 Å². The van der Waals surface area contributed by atoms with Crippen LogP contribution in [0.2, 0.25) is 0 Å². The lowest BCUT2D eigenvalue weighted by atomic mass is 10.1. The molecule has 0 saturated heterocycles. The van der Waals surface area contributed by atoms with Crippen LogP contribution in [0.25, 0.3) is 10.9 Å². The van der Waals surface area contributed by atoms with Crippen molar-refractivity contribution in [2.45, 2.75) is 19.8 Å². The molecule has 0 aliphatic carbocycles. The van der Waals surface area contributed by atoms with E-state index in [-0.39, 0.29) is 23.5 Å². The van der Waals surface area contributed by atoms with Gasteiger partial charge in [0.25, 0.3) is 5.56 Å². The van der Waals surface area contributed by atoms with Crippen LogP contribution >= 0.6 is 0 Å². The molecule has 2 N–H and O–H groups in total. The van der Waals surface area contributed by atoms with E-state index < -0.39 is 11.4 Å². The molecular weight excluding hydrogens is 309 g/mol. The number of hydrogen-bond acceptors (Lipinski definition) is 3. The van der Waals surface area contributed by atoms with Crippen molar-refractivity contribution >= 4 is 22.5 Å².